The van der Waals surface area contributed by atoms with Gasteiger partial charge < -0.3 is 15.5 Å². The molecular weight excluding hydrogens is 245 g/mol. The predicted octanol–water partition coefficient (Wildman–Crippen LogP) is -0.0505. The zero-order valence-electron chi connectivity index (χ0n) is 9.06. The van der Waals surface area contributed by atoms with Gasteiger partial charge in [-0.2, -0.15) is 4.98 Å². The van der Waals surface area contributed by atoms with Crippen molar-refractivity contribution in [2.45, 2.75) is 13.0 Å². The second-order valence-corrected chi connectivity index (χ2v) is 5.21. The number of hydrogen-bond acceptors (Lipinski definition) is 4. The molecule has 94 valence electrons. The van der Waals surface area contributed by atoms with Gasteiger partial charge in [0.1, 0.15) is 5.82 Å². The molecule has 0 bridgehead atoms. The van der Waals surface area contributed by atoms with E-state index in [4.69, 9.17) is 15.5 Å². The molecule has 1 heterocycles. The molecular formula is C9H14N3O4P. The second kappa shape index (κ2) is 5.77. The Kier molecular flexibility index (Phi) is 4.62. The van der Waals surface area contributed by atoms with E-state index in [9.17, 15) is 9.36 Å². The number of aromatic nitrogens is 2. The van der Waals surface area contributed by atoms with Crippen LogP contribution in [0, 0.1) is 0 Å². The average Bonchev–Trinajstić information content (AvgIpc) is 2.18. The summed E-state index contributed by atoms with van der Waals surface area (Å²) >= 11 is 0. The van der Waals surface area contributed by atoms with Gasteiger partial charge in [-0.3, -0.25) is 9.13 Å². The number of rotatable bonds is 5. The largest absolute Gasteiger partial charge is 0.383 e. The van der Waals surface area contributed by atoms with Crippen molar-refractivity contribution in [3.05, 3.63) is 34.9 Å². The number of nitrogens with two attached hydrogens (primary N) is 1. The zero-order valence-corrected chi connectivity index (χ0v) is 9.96. The first-order valence-corrected chi connectivity index (χ1v) is 6.71. The molecule has 1 aromatic rings. The summed E-state index contributed by atoms with van der Waals surface area (Å²) in [5.41, 5.74) is 4.87. The highest BCUT2D eigenvalue weighted by Crippen LogP contribution is 2.34. The quantitative estimate of drug-likeness (QED) is 0.504. The molecule has 1 rings (SSSR count). The molecule has 8 heteroatoms. The van der Waals surface area contributed by atoms with E-state index in [1.807, 2.05) is 0 Å². The summed E-state index contributed by atoms with van der Waals surface area (Å²) in [6, 6.07) is 1.50. The fraction of sp³-hybridized carbons (Fsp3) is 0.333. The third-order valence-electron chi connectivity index (χ3n) is 1.95. The van der Waals surface area contributed by atoms with Gasteiger partial charge in [-0.25, -0.2) is 4.79 Å². The maximum absolute atomic E-state index is 11.3. The summed E-state index contributed by atoms with van der Waals surface area (Å²) in [5.74, 6) is 0.164. The Bertz CT molecular complexity index is 505. The second-order valence-electron chi connectivity index (χ2n) is 3.44. The van der Waals surface area contributed by atoms with Gasteiger partial charge in [-0.05, 0) is 12.5 Å². The number of allylic oxidation sites excluding steroid dienone is 2. The third kappa shape index (κ3) is 5.44. The van der Waals surface area contributed by atoms with Crippen molar-refractivity contribution in [3.63, 3.8) is 0 Å². The van der Waals surface area contributed by atoms with Gasteiger partial charge in [0.25, 0.3) is 0 Å². The first-order chi connectivity index (χ1) is 7.88. The highest BCUT2D eigenvalue weighted by Gasteiger charge is 2.09. The maximum atomic E-state index is 11.3. The van der Waals surface area contributed by atoms with Crippen molar-refractivity contribution in [1.82, 2.24) is 9.55 Å². The molecule has 0 radical (unpaired) electrons. The van der Waals surface area contributed by atoms with Crippen LogP contribution in [-0.2, 0) is 11.1 Å². The summed E-state index contributed by atoms with van der Waals surface area (Å²) in [4.78, 5) is 32.0. The van der Waals surface area contributed by atoms with Gasteiger partial charge >= 0.3 is 13.3 Å². The van der Waals surface area contributed by atoms with Gasteiger partial charge in [0, 0.05) is 12.7 Å². The van der Waals surface area contributed by atoms with Crippen molar-refractivity contribution >= 4 is 13.4 Å². The van der Waals surface area contributed by atoms with Gasteiger partial charge in [0.15, 0.2) is 0 Å². The van der Waals surface area contributed by atoms with Crippen LogP contribution in [0.15, 0.2) is 29.2 Å². The highest BCUT2D eigenvalue weighted by molar-refractivity contribution is 7.51. The van der Waals surface area contributed by atoms with Crippen molar-refractivity contribution in [2.75, 3.05) is 11.9 Å². The number of nitrogens with zero attached hydrogens (tertiary/aromatic N) is 2. The van der Waals surface area contributed by atoms with E-state index in [0.717, 1.165) is 0 Å². The van der Waals surface area contributed by atoms with Crippen LogP contribution in [0.2, 0.25) is 0 Å². The molecule has 0 aliphatic rings. The Morgan fingerprint density at radius 1 is 1.47 bits per heavy atom. The summed E-state index contributed by atoms with van der Waals surface area (Å²) in [6.07, 6.45) is 4.84. The van der Waals surface area contributed by atoms with Crippen molar-refractivity contribution in [1.29, 1.82) is 0 Å². The van der Waals surface area contributed by atoms with Gasteiger partial charge in [-0.15, -0.1) is 0 Å². The van der Waals surface area contributed by atoms with E-state index in [0.29, 0.717) is 6.54 Å². The van der Waals surface area contributed by atoms with E-state index in [-0.39, 0.29) is 18.4 Å². The molecule has 0 fully saturated rings. The lowest BCUT2D eigenvalue weighted by Crippen LogP contribution is -2.22. The first kappa shape index (κ1) is 13.6. The molecule has 0 saturated heterocycles. The molecule has 4 N–H and O–H groups in total. The molecule has 0 aromatic carbocycles. The van der Waals surface area contributed by atoms with Gasteiger partial charge in [0.05, 0.1) is 6.16 Å². The molecule has 17 heavy (non-hydrogen) atoms. The molecule has 1 aromatic heterocycles. The van der Waals surface area contributed by atoms with Gasteiger partial charge in [-0.1, -0.05) is 12.2 Å². The molecule has 0 aliphatic heterocycles. The van der Waals surface area contributed by atoms with E-state index in [1.54, 1.807) is 12.2 Å². The number of nitrogen functional groups attached to an aromatic ring is 1. The van der Waals surface area contributed by atoms with E-state index in [2.05, 4.69) is 4.98 Å². The van der Waals surface area contributed by atoms with E-state index < -0.39 is 13.3 Å². The molecule has 0 aliphatic carbocycles. The van der Waals surface area contributed by atoms with Crippen molar-refractivity contribution < 1.29 is 14.4 Å². The Hall–Kier alpha value is -1.43. The average molecular weight is 259 g/mol. The molecule has 0 saturated carbocycles. The summed E-state index contributed by atoms with van der Waals surface area (Å²) < 4.78 is 11.9. The Balaban J connectivity index is 2.48. The van der Waals surface area contributed by atoms with Crippen LogP contribution in [0.3, 0.4) is 0 Å². The number of anilines is 1. The third-order valence-corrected chi connectivity index (χ3v) is 2.79. The standard InChI is InChI=1S/C9H14N3O4P/c10-8-4-6-12(9(13)11-8)5-2-1-3-7-17(14,15)16/h1-2,4,6H,3,5,7H2,(H2,10,11,13)(H2,14,15,16)/b2-1-. The van der Waals surface area contributed by atoms with Crippen LogP contribution in [0.25, 0.3) is 0 Å². The summed E-state index contributed by atoms with van der Waals surface area (Å²) in [5, 5.41) is 0. The minimum absolute atomic E-state index is 0.164. The normalized spacial score (nSPS) is 12.1. The monoisotopic (exact) mass is 259 g/mol. The Labute approximate surface area is 97.8 Å². The van der Waals surface area contributed by atoms with Crippen LogP contribution in [0.4, 0.5) is 5.82 Å². The predicted molar refractivity (Wildman–Crippen MR) is 63.6 cm³/mol. The Morgan fingerprint density at radius 3 is 2.76 bits per heavy atom. The van der Waals surface area contributed by atoms with Crippen molar-refractivity contribution in [3.8, 4) is 0 Å². The molecule has 0 spiro atoms. The lowest BCUT2D eigenvalue weighted by molar-refractivity contribution is 0.373. The molecule has 0 atom stereocenters. The lowest BCUT2D eigenvalue weighted by Gasteiger charge is -2.01. The molecule has 7 nitrogen and oxygen atoms in total. The topological polar surface area (TPSA) is 118 Å². The van der Waals surface area contributed by atoms with Crippen LogP contribution in [0.5, 0.6) is 0 Å². The fourth-order valence-corrected chi connectivity index (χ4v) is 1.62. The zero-order chi connectivity index (χ0) is 12.9. The van der Waals surface area contributed by atoms with E-state index in [1.165, 1.54) is 16.8 Å². The summed E-state index contributed by atoms with van der Waals surface area (Å²) in [7, 11) is -3.94. The van der Waals surface area contributed by atoms with Crippen LogP contribution in [0.1, 0.15) is 6.42 Å². The smallest absolute Gasteiger partial charge is 0.349 e. The van der Waals surface area contributed by atoms with Crippen LogP contribution < -0.4 is 11.4 Å². The van der Waals surface area contributed by atoms with Gasteiger partial charge in [0.2, 0.25) is 0 Å². The SMILES string of the molecule is Nc1ccn(C/C=C\CCP(=O)(O)O)c(=O)n1. The first-order valence-electron chi connectivity index (χ1n) is 4.91. The molecule has 0 unspecified atom stereocenters. The maximum Gasteiger partial charge on any atom is 0.349 e. The summed E-state index contributed by atoms with van der Waals surface area (Å²) in [6.45, 7) is 0.299. The minimum atomic E-state index is -3.94. The lowest BCUT2D eigenvalue weighted by atomic mass is 10.4. The van der Waals surface area contributed by atoms with Crippen LogP contribution in [-0.4, -0.2) is 25.5 Å². The Morgan fingerprint density at radius 2 is 2.18 bits per heavy atom. The van der Waals surface area contributed by atoms with E-state index >= 15 is 0 Å². The van der Waals surface area contributed by atoms with Crippen LogP contribution >= 0.6 is 7.60 Å². The highest BCUT2D eigenvalue weighted by atomic mass is 31.2. The molecule has 0 amide bonds. The minimum Gasteiger partial charge on any atom is -0.383 e. The fourth-order valence-electron chi connectivity index (χ4n) is 1.13. The van der Waals surface area contributed by atoms with Crippen molar-refractivity contribution in [2.24, 2.45) is 0 Å². The number of hydrogen-bond donors (Lipinski definition) is 3.